The zero-order valence-electron chi connectivity index (χ0n) is 26.5. The van der Waals surface area contributed by atoms with Crippen molar-refractivity contribution in [2.45, 2.75) is 24.4 Å². The van der Waals surface area contributed by atoms with Crippen LogP contribution in [0.2, 0.25) is 0 Å². The number of rotatable bonds is 9. The Morgan fingerprint density at radius 3 is 2.30 bits per heavy atom. The number of aryl methyl sites for hydroxylation is 1. The molecule has 242 valence electrons. The van der Waals surface area contributed by atoms with E-state index in [-0.39, 0.29) is 16.3 Å². The smallest absolute Gasteiger partial charge is 0.288 e. The van der Waals surface area contributed by atoms with Crippen LogP contribution < -0.4 is 23.4 Å². The summed E-state index contributed by atoms with van der Waals surface area (Å²) in [6.45, 7) is 5.88. The third-order valence-electron chi connectivity index (χ3n) is 8.55. The van der Waals surface area contributed by atoms with Gasteiger partial charge < -0.3 is 19.1 Å². The number of piperazine rings is 1. The van der Waals surface area contributed by atoms with E-state index in [1.165, 1.54) is 44.7 Å². The van der Waals surface area contributed by atoms with Crippen LogP contribution in [0, 0.1) is 18.3 Å². The van der Waals surface area contributed by atoms with Gasteiger partial charge >= 0.3 is 0 Å². The number of methoxy groups -OCH3 is 2. The van der Waals surface area contributed by atoms with Crippen molar-refractivity contribution in [3.63, 3.8) is 0 Å². The Morgan fingerprint density at radius 2 is 1.66 bits per heavy atom. The molecule has 47 heavy (non-hydrogen) atoms. The summed E-state index contributed by atoms with van der Waals surface area (Å²) in [7, 11) is -1.57. The molecule has 6 rings (SSSR count). The average Bonchev–Trinajstić information content (AvgIpc) is 3.36. The van der Waals surface area contributed by atoms with E-state index in [2.05, 4.69) is 20.9 Å². The molecule has 0 aliphatic carbocycles. The molecule has 1 atom stereocenters. The first-order chi connectivity index (χ1) is 22.7. The van der Waals surface area contributed by atoms with Gasteiger partial charge in [0.15, 0.2) is 10.6 Å². The van der Waals surface area contributed by atoms with Crippen molar-refractivity contribution in [3.05, 3.63) is 95.4 Å². The summed E-state index contributed by atoms with van der Waals surface area (Å²) >= 11 is 0. The van der Waals surface area contributed by atoms with Crippen LogP contribution in [-0.2, 0) is 20.4 Å². The Balaban J connectivity index is 1.58. The molecule has 1 unspecified atom stereocenters. The zero-order valence-corrected chi connectivity index (χ0v) is 27.3. The normalized spacial score (nSPS) is 18.1. The highest BCUT2D eigenvalue weighted by atomic mass is 32.2. The summed E-state index contributed by atoms with van der Waals surface area (Å²) in [5.74, 6) is 0.481. The Bertz CT molecular complexity index is 1970. The second kappa shape index (κ2) is 12.5. The highest BCUT2D eigenvalue weighted by molar-refractivity contribution is 7.93. The molecular formula is C34H34N6O6S. The number of carbonyl (C=O) groups is 1. The maximum atomic E-state index is 15.3. The molecule has 2 aromatic heterocycles. The van der Waals surface area contributed by atoms with Gasteiger partial charge in [-0.3, -0.25) is 14.7 Å². The predicted molar refractivity (Wildman–Crippen MR) is 174 cm³/mol. The minimum Gasteiger partial charge on any atom is -0.497 e. The SMILES string of the molecule is CCOc1ccc(OC)cc1C1(N2CCN(c3ccnc(C)c3)CC2)C(=O)N(S(=O)(=O)c2ccc(OC)cn2)c2ccc(C#N)cc21. The topological polar surface area (TPSA) is 138 Å². The fourth-order valence-corrected chi connectivity index (χ4v) is 7.76. The van der Waals surface area contributed by atoms with Crippen molar-refractivity contribution in [2.75, 3.05) is 56.2 Å². The Morgan fingerprint density at radius 1 is 0.915 bits per heavy atom. The fourth-order valence-electron chi connectivity index (χ4n) is 6.38. The standard InChI is InChI=1S/C34H34N6O6S/c1-5-46-31-10-7-26(44-3)20-29(31)34(39-16-14-38(15-17-39)25-12-13-36-23(2)18-25)28-19-24(21-35)6-9-30(28)40(33(34)41)47(42,43)32-11-8-27(45-4)22-37-32/h6-13,18-20,22H,5,14-17H2,1-4H3. The molecule has 0 saturated carbocycles. The van der Waals surface area contributed by atoms with E-state index in [4.69, 9.17) is 14.2 Å². The molecule has 1 amide bonds. The predicted octanol–water partition coefficient (Wildman–Crippen LogP) is 3.87. The second-order valence-electron chi connectivity index (χ2n) is 11.1. The molecule has 0 N–H and O–H groups in total. The van der Waals surface area contributed by atoms with E-state index in [0.29, 0.717) is 61.2 Å². The lowest BCUT2D eigenvalue weighted by molar-refractivity contribution is -0.127. The summed E-state index contributed by atoms with van der Waals surface area (Å²) in [6, 6.07) is 18.7. The molecule has 1 saturated heterocycles. The largest absolute Gasteiger partial charge is 0.497 e. The number of nitriles is 1. The van der Waals surface area contributed by atoms with Crippen LogP contribution in [-0.4, -0.2) is 76.2 Å². The van der Waals surface area contributed by atoms with E-state index in [1.807, 2.05) is 30.9 Å². The maximum absolute atomic E-state index is 15.3. The highest BCUT2D eigenvalue weighted by Gasteiger charge is 2.61. The summed E-state index contributed by atoms with van der Waals surface area (Å²) in [4.78, 5) is 28.0. The lowest BCUT2D eigenvalue weighted by atomic mass is 9.80. The number of amides is 1. The number of fused-ring (bicyclic) bond motifs is 1. The van der Waals surface area contributed by atoms with Crippen LogP contribution >= 0.6 is 0 Å². The van der Waals surface area contributed by atoms with Gasteiger partial charge in [0.05, 0.1) is 44.3 Å². The molecule has 2 aromatic carbocycles. The van der Waals surface area contributed by atoms with Crippen LogP contribution in [0.3, 0.4) is 0 Å². The van der Waals surface area contributed by atoms with Gasteiger partial charge in [-0.1, -0.05) is 0 Å². The van der Waals surface area contributed by atoms with Gasteiger partial charge in [0.25, 0.3) is 15.9 Å². The molecule has 4 heterocycles. The summed E-state index contributed by atoms with van der Waals surface area (Å²) in [5.41, 5.74) is 1.34. The molecule has 4 aromatic rings. The fraction of sp³-hybridized carbons (Fsp3) is 0.294. The monoisotopic (exact) mass is 654 g/mol. The van der Waals surface area contributed by atoms with Crippen molar-refractivity contribution in [1.29, 1.82) is 5.26 Å². The van der Waals surface area contributed by atoms with Crippen LogP contribution in [0.4, 0.5) is 11.4 Å². The molecule has 2 aliphatic heterocycles. The van der Waals surface area contributed by atoms with E-state index in [9.17, 15) is 13.7 Å². The number of nitrogens with zero attached hydrogens (tertiary/aromatic N) is 6. The van der Waals surface area contributed by atoms with Gasteiger partial charge in [-0.25, -0.2) is 4.98 Å². The second-order valence-corrected chi connectivity index (χ2v) is 12.8. The third-order valence-corrected chi connectivity index (χ3v) is 10.2. The van der Waals surface area contributed by atoms with Crippen molar-refractivity contribution in [1.82, 2.24) is 14.9 Å². The van der Waals surface area contributed by atoms with Gasteiger partial charge in [0.2, 0.25) is 0 Å². The minimum absolute atomic E-state index is 0.129. The number of pyridine rings is 2. The molecule has 0 bridgehead atoms. The molecule has 1 fully saturated rings. The van der Waals surface area contributed by atoms with Gasteiger partial charge in [0, 0.05) is 54.9 Å². The molecule has 0 spiro atoms. The Hall–Kier alpha value is -5.19. The van der Waals surface area contributed by atoms with Crippen molar-refractivity contribution in [2.24, 2.45) is 0 Å². The quantitative estimate of drug-likeness (QED) is 0.260. The lowest BCUT2D eigenvalue weighted by Crippen LogP contribution is -2.60. The van der Waals surface area contributed by atoms with E-state index >= 15 is 4.79 Å². The number of sulfonamides is 1. The average molecular weight is 655 g/mol. The van der Waals surface area contributed by atoms with Crippen molar-refractivity contribution < 1.29 is 27.4 Å². The van der Waals surface area contributed by atoms with E-state index in [1.54, 1.807) is 30.5 Å². The summed E-state index contributed by atoms with van der Waals surface area (Å²) in [6.07, 6.45) is 3.05. The van der Waals surface area contributed by atoms with Crippen molar-refractivity contribution in [3.8, 4) is 23.3 Å². The van der Waals surface area contributed by atoms with Gasteiger partial charge in [-0.15, -0.1) is 0 Å². The molecule has 13 heteroatoms. The molecule has 0 radical (unpaired) electrons. The first-order valence-corrected chi connectivity index (χ1v) is 16.5. The van der Waals surface area contributed by atoms with Crippen LogP contribution in [0.15, 0.2) is 78.1 Å². The van der Waals surface area contributed by atoms with Gasteiger partial charge in [0.1, 0.15) is 17.2 Å². The van der Waals surface area contributed by atoms with Crippen LogP contribution in [0.1, 0.15) is 29.3 Å². The number of carbonyl (C=O) groups excluding carboxylic acids is 1. The van der Waals surface area contributed by atoms with Crippen molar-refractivity contribution >= 4 is 27.3 Å². The number of hydrogen-bond acceptors (Lipinski definition) is 11. The van der Waals surface area contributed by atoms with Crippen LogP contribution in [0.25, 0.3) is 0 Å². The van der Waals surface area contributed by atoms with Crippen LogP contribution in [0.5, 0.6) is 17.2 Å². The number of hydrogen-bond donors (Lipinski definition) is 0. The Kier molecular flexibility index (Phi) is 8.48. The zero-order chi connectivity index (χ0) is 33.3. The molecule has 2 aliphatic rings. The summed E-state index contributed by atoms with van der Waals surface area (Å²) < 4.78 is 46.5. The Labute approximate surface area is 273 Å². The lowest BCUT2D eigenvalue weighted by Gasteiger charge is -2.46. The highest BCUT2D eigenvalue weighted by Crippen LogP contribution is 2.53. The first kappa shape index (κ1) is 31.8. The summed E-state index contributed by atoms with van der Waals surface area (Å²) in [5, 5.41) is 9.66. The van der Waals surface area contributed by atoms with Gasteiger partial charge in [-0.2, -0.15) is 18.0 Å². The number of benzene rings is 2. The van der Waals surface area contributed by atoms with Gasteiger partial charge in [-0.05, 0) is 74.5 Å². The number of anilines is 2. The molecular weight excluding hydrogens is 620 g/mol. The third kappa shape index (κ3) is 5.29. The van der Waals surface area contributed by atoms with E-state index < -0.39 is 21.5 Å². The molecule has 12 nitrogen and oxygen atoms in total. The number of ether oxygens (including phenoxy) is 3. The first-order valence-electron chi connectivity index (χ1n) is 15.1. The maximum Gasteiger partial charge on any atom is 0.288 e. The van der Waals surface area contributed by atoms with E-state index in [0.717, 1.165) is 15.7 Å². The minimum atomic E-state index is -4.54. The number of aromatic nitrogens is 2.